The van der Waals surface area contributed by atoms with E-state index < -0.39 is 14.9 Å². The molecule has 0 spiro atoms. The van der Waals surface area contributed by atoms with Crippen LogP contribution in [0, 0.1) is 10.1 Å². The van der Waals surface area contributed by atoms with Gasteiger partial charge in [-0.25, -0.2) is 13.1 Å². The van der Waals surface area contributed by atoms with E-state index >= 15 is 0 Å². The number of likely N-dealkylation sites (N-methyl/N-ethyl adjacent to an activating group) is 1. The maximum Gasteiger partial charge on any atom is 0.293 e. The van der Waals surface area contributed by atoms with Crippen molar-refractivity contribution < 1.29 is 18.1 Å². The molecular formula is C13H20N4O5S. The third kappa shape index (κ3) is 4.89. The largest absolute Gasteiger partial charge is 0.360 e. The quantitative estimate of drug-likeness (QED) is 0.522. The highest BCUT2D eigenvalue weighted by molar-refractivity contribution is 7.89. The van der Waals surface area contributed by atoms with Gasteiger partial charge in [0.25, 0.3) is 5.69 Å². The SMILES string of the molecule is CCCNC(=O)CN(C)c1ccc(S(=O)(=O)NC)cc1[N+](=O)[O-]. The molecule has 0 unspecified atom stereocenters. The number of benzene rings is 1. The number of nitro benzene ring substituents is 1. The van der Waals surface area contributed by atoms with Gasteiger partial charge < -0.3 is 10.2 Å². The molecule has 0 fully saturated rings. The van der Waals surface area contributed by atoms with Gasteiger partial charge in [0.15, 0.2) is 0 Å². The second-order valence-electron chi connectivity index (χ2n) is 4.82. The Morgan fingerprint density at radius 2 is 2.04 bits per heavy atom. The van der Waals surface area contributed by atoms with Crippen LogP contribution >= 0.6 is 0 Å². The zero-order chi connectivity index (χ0) is 17.6. The first-order chi connectivity index (χ1) is 10.7. The summed E-state index contributed by atoms with van der Waals surface area (Å²) in [4.78, 5) is 23.4. The summed E-state index contributed by atoms with van der Waals surface area (Å²) in [5.41, 5.74) is -0.219. The molecular weight excluding hydrogens is 324 g/mol. The Hall–Kier alpha value is -2.20. The monoisotopic (exact) mass is 344 g/mol. The van der Waals surface area contributed by atoms with Gasteiger partial charge in [-0.3, -0.25) is 14.9 Å². The van der Waals surface area contributed by atoms with Crippen LogP contribution in [0.15, 0.2) is 23.1 Å². The first-order valence-electron chi connectivity index (χ1n) is 6.92. The molecule has 23 heavy (non-hydrogen) atoms. The van der Waals surface area contributed by atoms with Crippen LogP contribution in [-0.2, 0) is 14.8 Å². The number of hydrogen-bond donors (Lipinski definition) is 2. The van der Waals surface area contributed by atoms with E-state index in [9.17, 15) is 23.3 Å². The number of nitrogens with one attached hydrogen (secondary N) is 2. The molecule has 1 rings (SSSR count). The van der Waals surface area contributed by atoms with E-state index in [1.54, 1.807) is 0 Å². The van der Waals surface area contributed by atoms with E-state index in [2.05, 4.69) is 10.0 Å². The molecule has 1 aromatic carbocycles. The van der Waals surface area contributed by atoms with Crippen LogP contribution in [0.5, 0.6) is 0 Å². The molecule has 1 aromatic rings. The topological polar surface area (TPSA) is 122 Å². The number of rotatable bonds is 8. The Labute approximate surface area is 134 Å². The average Bonchev–Trinajstić information content (AvgIpc) is 2.52. The Bertz CT molecular complexity index is 690. The van der Waals surface area contributed by atoms with Crippen molar-refractivity contribution in [3.63, 3.8) is 0 Å². The summed E-state index contributed by atoms with van der Waals surface area (Å²) in [6.07, 6.45) is 0.784. The van der Waals surface area contributed by atoms with Crippen LogP contribution in [0.2, 0.25) is 0 Å². The van der Waals surface area contributed by atoms with Crippen LogP contribution < -0.4 is 14.9 Å². The van der Waals surface area contributed by atoms with Crippen molar-refractivity contribution in [1.82, 2.24) is 10.0 Å². The van der Waals surface area contributed by atoms with Crippen LogP contribution in [0.4, 0.5) is 11.4 Å². The first kappa shape index (κ1) is 18.8. The number of nitro groups is 1. The zero-order valence-corrected chi connectivity index (χ0v) is 14.0. The summed E-state index contributed by atoms with van der Waals surface area (Å²) < 4.78 is 25.6. The molecule has 0 radical (unpaired) electrons. The number of carbonyl (C=O) groups is 1. The third-order valence-corrected chi connectivity index (χ3v) is 4.50. The molecule has 0 aliphatic rings. The predicted molar refractivity (Wildman–Crippen MR) is 85.9 cm³/mol. The number of amides is 1. The molecule has 10 heteroatoms. The highest BCUT2D eigenvalue weighted by Crippen LogP contribution is 2.29. The van der Waals surface area contributed by atoms with Gasteiger partial charge in [0.1, 0.15) is 5.69 Å². The minimum absolute atomic E-state index is 0.0705. The smallest absolute Gasteiger partial charge is 0.293 e. The average molecular weight is 344 g/mol. The van der Waals surface area contributed by atoms with E-state index in [1.807, 2.05) is 6.92 Å². The molecule has 0 aliphatic carbocycles. The van der Waals surface area contributed by atoms with Crippen molar-refractivity contribution in [1.29, 1.82) is 0 Å². The van der Waals surface area contributed by atoms with Gasteiger partial charge in [-0.05, 0) is 25.6 Å². The molecule has 0 atom stereocenters. The molecule has 0 saturated carbocycles. The van der Waals surface area contributed by atoms with Crippen molar-refractivity contribution in [3.8, 4) is 0 Å². The fraction of sp³-hybridized carbons (Fsp3) is 0.462. The van der Waals surface area contributed by atoms with Crippen molar-refractivity contribution in [2.45, 2.75) is 18.2 Å². The van der Waals surface area contributed by atoms with Gasteiger partial charge in [-0.2, -0.15) is 0 Å². The van der Waals surface area contributed by atoms with Gasteiger partial charge in [0.2, 0.25) is 15.9 Å². The second kappa shape index (κ2) is 7.88. The van der Waals surface area contributed by atoms with Crippen molar-refractivity contribution in [2.75, 3.05) is 32.1 Å². The Balaban J connectivity index is 3.12. The Morgan fingerprint density at radius 1 is 1.39 bits per heavy atom. The normalized spacial score (nSPS) is 11.1. The molecule has 128 valence electrons. The van der Waals surface area contributed by atoms with Crippen molar-refractivity contribution in [2.24, 2.45) is 0 Å². The summed E-state index contributed by atoms with van der Waals surface area (Å²) in [7, 11) is -1.03. The zero-order valence-electron chi connectivity index (χ0n) is 13.2. The minimum Gasteiger partial charge on any atom is -0.360 e. The van der Waals surface area contributed by atoms with E-state index in [-0.39, 0.29) is 28.7 Å². The lowest BCUT2D eigenvalue weighted by molar-refractivity contribution is -0.384. The highest BCUT2D eigenvalue weighted by Gasteiger charge is 2.23. The summed E-state index contributed by atoms with van der Waals surface area (Å²) in [5, 5.41) is 13.9. The maximum absolute atomic E-state index is 11.7. The lowest BCUT2D eigenvalue weighted by Crippen LogP contribution is -2.35. The fourth-order valence-electron chi connectivity index (χ4n) is 1.88. The number of anilines is 1. The molecule has 0 saturated heterocycles. The van der Waals surface area contributed by atoms with Crippen LogP contribution in [0.1, 0.15) is 13.3 Å². The minimum atomic E-state index is -3.78. The molecule has 0 heterocycles. The Kier molecular flexibility index (Phi) is 6.46. The van der Waals surface area contributed by atoms with E-state index in [0.717, 1.165) is 12.5 Å². The van der Waals surface area contributed by atoms with Gasteiger partial charge in [0, 0.05) is 19.7 Å². The Morgan fingerprint density at radius 3 is 2.57 bits per heavy atom. The van der Waals surface area contributed by atoms with E-state index in [1.165, 1.54) is 31.1 Å². The molecule has 2 N–H and O–H groups in total. The summed E-state index contributed by atoms with van der Waals surface area (Å²) in [5.74, 6) is -0.268. The predicted octanol–water partition coefficient (Wildman–Crippen LogP) is 0.465. The van der Waals surface area contributed by atoms with Gasteiger partial charge in [-0.1, -0.05) is 6.92 Å². The fourth-order valence-corrected chi connectivity index (χ4v) is 2.63. The molecule has 9 nitrogen and oxygen atoms in total. The number of nitrogens with zero attached hydrogens (tertiary/aromatic N) is 2. The van der Waals surface area contributed by atoms with Gasteiger partial charge in [-0.15, -0.1) is 0 Å². The first-order valence-corrected chi connectivity index (χ1v) is 8.41. The lowest BCUT2D eigenvalue weighted by Gasteiger charge is -2.19. The second-order valence-corrected chi connectivity index (χ2v) is 6.71. The summed E-state index contributed by atoms with van der Waals surface area (Å²) in [6.45, 7) is 2.36. The van der Waals surface area contributed by atoms with Crippen molar-refractivity contribution >= 4 is 27.3 Å². The highest BCUT2D eigenvalue weighted by atomic mass is 32.2. The number of sulfonamides is 1. The maximum atomic E-state index is 11.7. The van der Waals surface area contributed by atoms with E-state index in [4.69, 9.17) is 0 Å². The molecule has 0 bridgehead atoms. The van der Waals surface area contributed by atoms with E-state index in [0.29, 0.717) is 6.54 Å². The number of hydrogen-bond acceptors (Lipinski definition) is 6. The lowest BCUT2D eigenvalue weighted by atomic mass is 10.2. The molecule has 0 aromatic heterocycles. The van der Waals surface area contributed by atoms with Crippen molar-refractivity contribution in [3.05, 3.63) is 28.3 Å². The van der Waals surface area contributed by atoms with Crippen LogP contribution in [-0.4, -0.2) is 46.4 Å². The standard InChI is InChI=1S/C13H20N4O5S/c1-4-7-15-13(18)9-16(3)11-6-5-10(23(21,22)14-2)8-12(11)17(19)20/h5-6,8,14H,4,7,9H2,1-3H3,(H,15,18). The third-order valence-electron chi connectivity index (χ3n) is 3.09. The van der Waals surface area contributed by atoms with Gasteiger partial charge in [0.05, 0.1) is 16.4 Å². The number of carbonyl (C=O) groups excluding carboxylic acids is 1. The van der Waals surface area contributed by atoms with Gasteiger partial charge >= 0.3 is 0 Å². The molecule has 0 aliphatic heterocycles. The van der Waals surface area contributed by atoms with Crippen LogP contribution in [0.25, 0.3) is 0 Å². The summed E-state index contributed by atoms with van der Waals surface area (Å²) >= 11 is 0. The van der Waals surface area contributed by atoms with Crippen LogP contribution in [0.3, 0.4) is 0 Å². The molecule has 1 amide bonds. The summed E-state index contributed by atoms with van der Waals surface area (Å²) in [6, 6.07) is 3.55.